The lowest BCUT2D eigenvalue weighted by Crippen LogP contribution is -2.44. The van der Waals surface area contributed by atoms with Gasteiger partial charge < -0.3 is 26.0 Å². The number of aliphatic hydroxyl groups is 2. The number of Topliss-reactive ketones (excluding diaryl/α,β-unsaturated/α-hetero) is 2. The zero-order chi connectivity index (χ0) is 28.5. The minimum absolute atomic E-state index is 0.0802. The maximum Gasteiger partial charge on any atom is 0.255 e. The molecule has 0 spiro atoms. The summed E-state index contributed by atoms with van der Waals surface area (Å²) < 4.78 is 0. The number of hydrogen-bond acceptors (Lipinski definition) is 7. The summed E-state index contributed by atoms with van der Waals surface area (Å²) >= 11 is 0. The van der Waals surface area contributed by atoms with E-state index in [0.717, 1.165) is 22.4 Å². The molecule has 0 aromatic heterocycles. The monoisotopic (exact) mass is 530 g/mol. The van der Waals surface area contributed by atoms with Crippen LogP contribution in [0.3, 0.4) is 0 Å². The fourth-order valence-corrected chi connectivity index (χ4v) is 6.48. The summed E-state index contributed by atoms with van der Waals surface area (Å²) in [5.41, 5.74) is 8.81. The third kappa shape index (κ3) is 4.09. The first-order chi connectivity index (χ1) is 18.2. The Morgan fingerprint density at radius 2 is 1.67 bits per heavy atom. The molecule has 0 heterocycles. The van der Waals surface area contributed by atoms with Crippen LogP contribution in [0.5, 0.6) is 5.75 Å². The van der Waals surface area contributed by atoms with Crippen molar-refractivity contribution >= 4 is 28.9 Å². The van der Waals surface area contributed by atoms with Gasteiger partial charge in [-0.3, -0.25) is 14.4 Å². The summed E-state index contributed by atoms with van der Waals surface area (Å²) in [5, 5.41) is 33.9. The van der Waals surface area contributed by atoms with Crippen LogP contribution in [-0.4, -0.2) is 46.9 Å². The van der Waals surface area contributed by atoms with Gasteiger partial charge in [0.05, 0.1) is 11.5 Å². The third-order valence-electron chi connectivity index (χ3n) is 8.39. The second-order valence-corrected chi connectivity index (χ2v) is 12.1. The second-order valence-electron chi connectivity index (χ2n) is 12.1. The normalized spacial score (nSPS) is 22.8. The lowest BCUT2D eigenvalue weighted by atomic mass is 9.61. The quantitative estimate of drug-likeness (QED) is 0.433. The second kappa shape index (κ2) is 9.00. The molecule has 5 rings (SSSR count). The van der Waals surface area contributed by atoms with Gasteiger partial charge in [0.25, 0.3) is 5.91 Å². The number of phenols is 1. The summed E-state index contributed by atoms with van der Waals surface area (Å²) in [4.78, 5) is 40.2. The Bertz CT molecular complexity index is 1490. The Kier molecular flexibility index (Phi) is 6.12. The van der Waals surface area contributed by atoms with E-state index in [2.05, 4.69) is 0 Å². The molecular weight excluding hydrogens is 496 g/mol. The Balaban J connectivity index is 1.73. The molecule has 0 saturated heterocycles. The van der Waals surface area contributed by atoms with Crippen LogP contribution in [0.2, 0.25) is 0 Å². The molecule has 0 bridgehead atoms. The summed E-state index contributed by atoms with van der Waals surface area (Å²) in [7, 11) is 3.92. The lowest BCUT2D eigenvalue weighted by molar-refractivity contribution is -0.127. The number of fused-ring (bicyclic) bond motifs is 3. The van der Waals surface area contributed by atoms with Crippen molar-refractivity contribution in [3.8, 4) is 16.9 Å². The lowest BCUT2D eigenvalue weighted by Gasteiger charge is -2.41. The number of allylic oxidation sites excluding steroid dienone is 2. The van der Waals surface area contributed by atoms with Gasteiger partial charge in [-0.1, -0.05) is 32.9 Å². The molecule has 3 unspecified atom stereocenters. The SMILES string of the molecule is CN(C)c1ccc(-c2cc(C(C)(C)C)c(O)c3c2CC2CC4CC(=O)C(C(N)=O)=C(O)C4C(=O)C2=C3O)cc1. The topological polar surface area (TPSA) is 141 Å². The van der Waals surface area contributed by atoms with E-state index in [9.17, 15) is 29.7 Å². The maximum absolute atomic E-state index is 13.8. The van der Waals surface area contributed by atoms with E-state index in [1.165, 1.54) is 0 Å². The highest BCUT2D eigenvalue weighted by atomic mass is 16.3. The molecule has 8 nitrogen and oxygen atoms in total. The number of aliphatic hydroxyl groups excluding tert-OH is 2. The molecule has 204 valence electrons. The van der Waals surface area contributed by atoms with Crippen LogP contribution in [0.4, 0.5) is 5.69 Å². The number of ketones is 2. The van der Waals surface area contributed by atoms with Gasteiger partial charge >= 0.3 is 0 Å². The van der Waals surface area contributed by atoms with Crippen molar-refractivity contribution in [2.24, 2.45) is 23.5 Å². The molecule has 1 saturated carbocycles. The molecular formula is C31H34N2O6. The molecule has 2 aromatic carbocycles. The zero-order valence-electron chi connectivity index (χ0n) is 22.8. The van der Waals surface area contributed by atoms with E-state index in [4.69, 9.17) is 5.73 Å². The van der Waals surface area contributed by atoms with Gasteiger partial charge in [-0.2, -0.15) is 0 Å². The number of phenolic OH excluding ortho intramolecular Hbond substituents is 1. The van der Waals surface area contributed by atoms with E-state index >= 15 is 0 Å². The molecule has 0 aliphatic heterocycles. The fraction of sp³-hybridized carbons (Fsp3) is 0.387. The van der Waals surface area contributed by atoms with Crippen LogP contribution in [0.1, 0.15) is 50.3 Å². The number of benzene rings is 2. The summed E-state index contributed by atoms with van der Waals surface area (Å²) in [6.45, 7) is 5.90. The predicted molar refractivity (Wildman–Crippen MR) is 148 cm³/mol. The zero-order valence-corrected chi connectivity index (χ0v) is 22.8. The Morgan fingerprint density at radius 3 is 2.23 bits per heavy atom. The standard InChI is InChI=1S/C31H34N2O6/c1-31(2,3)20-13-18(14-6-8-17(9-7-14)33(4)5)19-11-15-10-16-12-21(34)25(30(32)39)29(38)23(16)27(36)22(15)28(37)24(19)26(20)35/h6-9,13,15-16,23,35,37-38H,10-12H2,1-5H3,(H2,32,39). The minimum atomic E-state index is -1.13. The number of nitrogens with two attached hydrogens (primary N) is 1. The van der Waals surface area contributed by atoms with E-state index < -0.39 is 52.0 Å². The van der Waals surface area contributed by atoms with Gasteiger partial charge in [-0.05, 0) is 65.0 Å². The molecule has 2 aromatic rings. The van der Waals surface area contributed by atoms with Gasteiger partial charge in [0.2, 0.25) is 0 Å². The van der Waals surface area contributed by atoms with Gasteiger partial charge in [-0.25, -0.2) is 0 Å². The first kappa shape index (κ1) is 26.5. The molecule has 5 N–H and O–H groups in total. The highest BCUT2D eigenvalue weighted by Gasteiger charge is 2.51. The predicted octanol–water partition coefficient (Wildman–Crippen LogP) is 4.34. The van der Waals surface area contributed by atoms with E-state index in [1.54, 1.807) is 0 Å². The van der Waals surface area contributed by atoms with Gasteiger partial charge in [-0.15, -0.1) is 0 Å². The van der Waals surface area contributed by atoms with Crippen LogP contribution in [0.15, 0.2) is 47.2 Å². The number of anilines is 1. The van der Waals surface area contributed by atoms with E-state index in [0.29, 0.717) is 18.4 Å². The van der Waals surface area contributed by atoms with E-state index in [1.807, 2.05) is 70.1 Å². The number of carbonyl (C=O) groups excluding carboxylic acids is 3. The molecule has 1 fully saturated rings. The highest BCUT2D eigenvalue weighted by molar-refractivity contribution is 6.21. The fourth-order valence-electron chi connectivity index (χ4n) is 6.48. The molecule has 0 radical (unpaired) electrons. The molecule has 3 aliphatic carbocycles. The van der Waals surface area contributed by atoms with Gasteiger partial charge in [0.15, 0.2) is 11.6 Å². The summed E-state index contributed by atoms with van der Waals surface area (Å²) in [5.74, 6) is -5.26. The van der Waals surface area contributed by atoms with Crippen molar-refractivity contribution in [2.75, 3.05) is 19.0 Å². The number of carbonyl (C=O) groups is 3. The van der Waals surface area contributed by atoms with Crippen molar-refractivity contribution in [3.05, 3.63) is 63.9 Å². The molecule has 3 aliphatic rings. The maximum atomic E-state index is 13.8. The summed E-state index contributed by atoms with van der Waals surface area (Å²) in [6.07, 6.45) is 0.648. The number of nitrogens with zero attached hydrogens (tertiary/aromatic N) is 1. The number of amides is 1. The first-order valence-electron chi connectivity index (χ1n) is 13.1. The van der Waals surface area contributed by atoms with Gasteiger partial charge in [0.1, 0.15) is 22.8 Å². The molecule has 39 heavy (non-hydrogen) atoms. The Hall–Kier alpha value is -4.07. The van der Waals surface area contributed by atoms with Crippen molar-refractivity contribution < 1.29 is 29.7 Å². The molecule has 8 heteroatoms. The Morgan fingerprint density at radius 1 is 1.03 bits per heavy atom. The van der Waals surface area contributed by atoms with Crippen LogP contribution >= 0.6 is 0 Å². The average Bonchev–Trinajstić information content (AvgIpc) is 2.82. The van der Waals surface area contributed by atoms with Crippen molar-refractivity contribution in [2.45, 2.75) is 45.4 Å². The average molecular weight is 531 g/mol. The third-order valence-corrected chi connectivity index (χ3v) is 8.39. The number of aromatic hydroxyl groups is 1. The first-order valence-corrected chi connectivity index (χ1v) is 13.1. The Labute approximate surface area is 227 Å². The van der Waals surface area contributed by atoms with Crippen LogP contribution in [-0.2, 0) is 26.2 Å². The van der Waals surface area contributed by atoms with E-state index in [-0.39, 0.29) is 29.1 Å². The molecule has 1 amide bonds. The summed E-state index contributed by atoms with van der Waals surface area (Å²) in [6, 6.07) is 9.97. The van der Waals surface area contributed by atoms with Crippen LogP contribution in [0, 0.1) is 17.8 Å². The minimum Gasteiger partial charge on any atom is -0.511 e. The van der Waals surface area contributed by atoms with Crippen LogP contribution < -0.4 is 10.6 Å². The van der Waals surface area contributed by atoms with Gasteiger partial charge in [0, 0.05) is 37.3 Å². The smallest absolute Gasteiger partial charge is 0.255 e. The number of primary amides is 1. The highest BCUT2D eigenvalue weighted by Crippen LogP contribution is 2.53. The number of rotatable bonds is 3. The van der Waals surface area contributed by atoms with Crippen molar-refractivity contribution in [3.63, 3.8) is 0 Å². The molecule has 3 atom stereocenters. The number of hydrogen-bond donors (Lipinski definition) is 4. The van der Waals surface area contributed by atoms with Crippen molar-refractivity contribution in [1.29, 1.82) is 0 Å². The van der Waals surface area contributed by atoms with Crippen molar-refractivity contribution in [1.82, 2.24) is 0 Å². The largest absolute Gasteiger partial charge is 0.511 e. The van der Waals surface area contributed by atoms with Crippen LogP contribution in [0.25, 0.3) is 16.9 Å².